The molecule has 0 radical (unpaired) electrons. The predicted octanol–water partition coefficient (Wildman–Crippen LogP) is 5.58. The Hall–Kier alpha value is -2.89. The summed E-state index contributed by atoms with van der Waals surface area (Å²) >= 11 is 0. The lowest BCUT2D eigenvalue weighted by molar-refractivity contribution is -0.139. The number of hydrogen-bond acceptors (Lipinski definition) is 4. The van der Waals surface area contributed by atoms with Crippen LogP contribution >= 0.6 is 0 Å². The quantitative estimate of drug-likeness (QED) is 0.516. The number of carbonyl (C=O) groups excluding carboxylic acids is 1. The first-order chi connectivity index (χ1) is 13.5. The zero-order valence-electron chi connectivity index (χ0n) is 16.4. The fourth-order valence-electron chi connectivity index (χ4n) is 2.88. The highest BCUT2D eigenvalue weighted by Crippen LogP contribution is 2.29. The Labute approximate surface area is 163 Å². The van der Waals surface area contributed by atoms with Gasteiger partial charge in [-0.05, 0) is 41.3 Å². The Bertz CT molecular complexity index is 931. The van der Waals surface area contributed by atoms with E-state index in [0.29, 0.717) is 24.4 Å². The summed E-state index contributed by atoms with van der Waals surface area (Å²) in [6.45, 7) is 4.46. The summed E-state index contributed by atoms with van der Waals surface area (Å²) < 4.78 is 39.2. The van der Waals surface area contributed by atoms with E-state index in [1.165, 1.54) is 19.2 Å². The van der Waals surface area contributed by atoms with Crippen LogP contribution in [0, 0.1) is 5.82 Å². The first-order valence-corrected chi connectivity index (χ1v) is 8.83. The van der Waals surface area contributed by atoms with E-state index in [0.717, 1.165) is 22.1 Å². The molecule has 0 fully saturated rings. The number of ether oxygens (including phenoxy) is 2. The van der Waals surface area contributed by atoms with Crippen LogP contribution in [0.1, 0.15) is 36.5 Å². The number of halogens is 2. The maximum Gasteiger partial charge on any atom is 0.310 e. The zero-order valence-corrected chi connectivity index (χ0v) is 16.4. The average molecular weight is 390 g/mol. The number of methoxy groups -OCH3 is 1. The van der Waals surface area contributed by atoms with Gasteiger partial charge in [0.1, 0.15) is 23.8 Å². The largest absolute Gasteiger partial charge is 0.488 e. The molecule has 0 unspecified atom stereocenters. The molecule has 0 aliphatic carbocycles. The van der Waals surface area contributed by atoms with Crippen LogP contribution < -0.4 is 4.74 Å². The molecule has 0 saturated heterocycles. The molecular formula is C22H24F2O4. The minimum Gasteiger partial charge on any atom is -0.488 e. The Morgan fingerprint density at radius 1 is 1.14 bits per heavy atom. The SMILES string of the molecule is CF.COC(=O)Cc1ccc(F)cc1OCc1cc(C(C)C)c2occc2c1. The van der Waals surface area contributed by atoms with Gasteiger partial charge in [0.15, 0.2) is 0 Å². The molecule has 0 atom stereocenters. The standard InChI is InChI=1S/C21H21FO4.CH3F/c1-13(2)18-9-14(8-16-6-7-25-21(16)18)12-26-19-11-17(22)5-4-15(19)10-20(23)24-3;1-2/h4-9,11,13H,10,12H2,1-3H3;1H3. The maximum absolute atomic E-state index is 13.6. The zero-order chi connectivity index (χ0) is 20.7. The van der Waals surface area contributed by atoms with Crippen LogP contribution in [0.3, 0.4) is 0 Å². The first-order valence-electron chi connectivity index (χ1n) is 8.83. The molecule has 0 amide bonds. The smallest absolute Gasteiger partial charge is 0.310 e. The second-order valence-electron chi connectivity index (χ2n) is 6.47. The highest BCUT2D eigenvalue weighted by Gasteiger charge is 2.13. The molecule has 28 heavy (non-hydrogen) atoms. The Balaban J connectivity index is 0.00000136. The van der Waals surface area contributed by atoms with Crippen molar-refractivity contribution in [3.05, 3.63) is 65.2 Å². The van der Waals surface area contributed by atoms with Gasteiger partial charge < -0.3 is 13.9 Å². The van der Waals surface area contributed by atoms with Gasteiger partial charge in [-0.3, -0.25) is 9.18 Å². The van der Waals surface area contributed by atoms with Crippen LogP contribution in [0.5, 0.6) is 5.75 Å². The van der Waals surface area contributed by atoms with Crippen LogP contribution in [0.2, 0.25) is 0 Å². The van der Waals surface area contributed by atoms with Crippen LogP contribution in [0.25, 0.3) is 11.0 Å². The summed E-state index contributed by atoms with van der Waals surface area (Å²) in [4.78, 5) is 11.5. The van der Waals surface area contributed by atoms with Crippen molar-refractivity contribution < 1.29 is 27.5 Å². The summed E-state index contributed by atoms with van der Waals surface area (Å²) in [5, 5.41) is 1.00. The molecule has 1 aromatic heterocycles. The molecule has 0 bridgehead atoms. The Morgan fingerprint density at radius 3 is 2.57 bits per heavy atom. The van der Waals surface area contributed by atoms with Gasteiger partial charge in [-0.15, -0.1) is 0 Å². The van der Waals surface area contributed by atoms with E-state index in [9.17, 15) is 13.6 Å². The summed E-state index contributed by atoms with van der Waals surface area (Å²) in [6, 6.07) is 10.1. The molecule has 3 rings (SSSR count). The monoisotopic (exact) mass is 390 g/mol. The molecule has 0 aliphatic rings. The van der Waals surface area contributed by atoms with Crippen molar-refractivity contribution in [2.24, 2.45) is 0 Å². The van der Waals surface area contributed by atoms with Crippen LogP contribution in [0.4, 0.5) is 8.78 Å². The van der Waals surface area contributed by atoms with Gasteiger partial charge in [0, 0.05) is 17.0 Å². The van der Waals surface area contributed by atoms with E-state index < -0.39 is 11.8 Å². The van der Waals surface area contributed by atoms with E-state index in [1.54, 1.807) is 12.3 Å². The number of alkyl halides is 1. The summed E-state index contributed by atoms with van der Waals surface area (Å²) in [5.74, 6) is -0.174. The lowest BCUT2D eigenvalue weighted by Crippen LogP contribution is -2.07. The molecule has 3 aromatic rings. The van der Waals surface area contributed by atoms with Crippen LogP contribution in [-0.4, -0.2) is 20.3 Å². The maximum atomic E-state index is 13.6. The van der Waals surface area contributed by atoms with Gasteiger partial charge >= 0.3 is 5.97 Å². The van der Waals surface area contributed by atoms with Gasteiger partial charge in [-0.2, -0.15) is 0 Å². The lowest BCUT2D eigenvalue weighted by Gasteiger charge is -2.13. The van der Waals surface area contributed by atoms with Crippen LogP contribution in [0.15, 0.2) is 47.1 Å². The topological polar surface area (TPSA) is 48.7 Å². The number of benzene rings is 2. The van der Waals surface area contributed by atoms with Crippen molar-refractivity contribution in [3.8, 4) is 5.75 Å². The molecular weight excluding hydrogens is 366 g/mol. The van der Waals surface area contributed by atoms with Gasteiger partial charge in [0.2, 0.25) is 0 Å². The Kier molecular flexibility index (Phi) is 7.55. The predicted molar refractivity (Wildman–Crippen MR) is 104 cm³/mol. The third-order valence-corrected chi connectivity index (χ3v) is 4.25. The van der Waals surface area contributed by atoms with Crippen molar-refractivity contribution in [2.75, 3.05) is 14.3 Å². The molecule has 6 heteroatoms. The number of rotatable bonds is 6. The van der Waals surface area contributed by atoms with E-state index in [2.05, 4.69) is 18.6 Å². The minimum atomic E-state index is -0.415. The van der Waals surface area contributed by atoms with Crippen molar-refractivity contribution in [1.82, 2.24) is 0 Å². The van der Waals surface area contributed by atoms with Gasteiger partial charge in [-0.1, -0.05) is 19.9 Å². The van der Waals surface area contributed by atoms with E-state index in [-0.39, 0.29) is 13.0 Å². The van der Waals surface area contributed by atoms with Gasteiger partial charge in [0.25, 0.3) is 0 Å². The molecule has 0 aliphatic heterocycles. The number of fused-ring (bicyclic) bond motifs is 1. The minimum absolute atomic E-state index is 0.0319. The molecule has 0 N–H and O–H groups in total. The summed E-state index contributed by atoms with van der Waals surface area (Å²) in [5.41, 5.74) is 3.52. The number of hydrogen-bond donors (Lipinski definition) is 0. The van der Waals surface area contributed by atoms with E-state index in [4.69, 9.17) is 9.15 Å². The van der Waals surface area contributed by atoms with Crippen molar-refractivity contribution in [3.63, 3.8) is 0 Å². The fraction of sp³-hybridized carbons (Fsp3) is 0.318. The number of carbonyl (C=O) groups is 1. The van der Waals surface area contributed by atoms with Gasteiger partial charge in [-0.25, -0.2) is 4.39 Å². The van der Waals surface area contributed by atoms with E-state index in [1.807, 2.05) is 18.2 Å². The lowest BCUT2D eigenvalue weighted by atomic mass is 9.98. The number of furan rings is 1. The van der Waals surface area contributed by atoms with Crippen LogP contribution in [-0.2, 0) is 22.6 Å². The molecule has 0 spiro atoms. The third-order valence-electron chi connectivity index (χ3n) is 4.25. The molecule has 1 heterocycles. The molecule has 0 saturated carbocycles. The molecule has 4 nitrogen and oxygen atoms in total. The molecule has 2 aromatic carbocycles. The van der Waals surface area contributed by atoms with E-state index >= 15 is 0 Å². The second kappa shape index (κ2) is 9.88. The second-order valence-corrected chi connectivity index (χ2v) is 6.47. The third kappa shape index (κ3) is 5.09. The number of esters is 1. The fourth-order valence-corrected chi connectivity index (χ4v) is 2.88. The summed E-state index contributed by atoms with van der Waals surface area (Å²) in [6.07, 6.45) is 1.70. The first kappa shape index (κ1) is 21.4. The van der Waals surface area contributed by atoms with Crippen molar-refractivity contribution in [2.45, 2.75) is 32.8 Å². The normalized spacial score (nSPS) is 10.5. The average Bonchev–Trinajstić information content (AvgIpc) is 3.17. The van der Waals surface area contributed by atoms with Gasteiger partial charge in [0.05, 0.1) is 27.0 Å². The van der Waals surface area contributed by atoms with Crippen molar-refractivity contribution in [1.29, 1.82) is 0 Å². The highest BCUT2D eigenvalue weighted by molar-refractivity contribution is 5.81. The molecule has 150 valence electrons. The Morgan fingerprint density at radius 2 is 1.89 bits per heavy atom. The summed E-state index contributed by atoms with van der Waals surface area (Å²) in [7, 11) is 1.82. The van der Waals surface area contributed by atoms with Crippen molar-refractivity contribution >= 4 is 16.9 Å². The highest BCUT2D eigenvalue weighted by atomic mass is 19.1.